The van der Waals surface area contributed by atoms with Crippen LogP contribution in [0.4, 0.5) is 0 Å². The SMILES string of the molecule is COC(=O)c1cc(CNC(=O)CC2CCCCC2)cc(-c2cccc(C(=N)N)c2)c1. The zero-order chi connectivity index (χ0) is 21.5. The zero-order valence-electron chi connectivity index (χ0n) is 17.4. The second-order valence-electron chi connectivity index (χ2n) is 7.89. The van der Waals surface area contributed by atoms with E-state index in [1.165, 1.54) is 26.4 Å². The van der Waals surface area contributed by atoms with Crippen LogP contribution >= 0.6 is 0 Å². The van der Waals surface area contributed by atoms with Gasteiger partial charge >= 0.3 is 5.97 Å². The van der Waals surface area contributed by atoms with Crippen LogP contribution in [0.15, 0.2) is 42.5 Å². The molecule has 30 heavy (non-hydrogen) atoms. The topological polar surface area (TPSA) is 105 Å². The van der Waals surface area contributed by atoms with Crippen molar-refractivity contribution in [2.45, 2.75) is 45.1 Å². The van der Waals surface area contributed by atoms with E-state index >= 15 is 0 Å². The molecule has 0 radical (unpaired) electrons. The maximum absolute atomic E-state index is 12.4. The van der Waals surface area contributed by atoms with E-state index in [0.29, 0.717) is 30.0 Å². The number of benzene rings is 2. The van der Waals surface area contributed by atoms with Gasteiger partial charge < -0.3 is 15.8 Å². The molecule has 0 unspecified atom stereocenters. The Morgan fingerprint density at radius 3 is 2.50 bits per heavy atom. The number of methoxy groups -OCH3 is 1. The quantitative estimate of drug-likeness (QED) is 0.366. The number of hydrogen-bond acceptors (Lipinski definition) is 4. The van der Waals surface area contributed by atoms with Gasteiger partial charge in [0.1, 0.15) is 5.84 Å². The third-order valence-corrected chi connectivity index (χ3v) is 5.61. The first-order chi connectivity index (χ1) is 14.5. The van der Waals surface area contributed by atoms with E-state index in [0.717, 1.165) is 29.5 Å². The summed E-state index contributed by atoms with van der Waals surface area (Å²) in [7, 11) is 1.34. The van der Waals surface area contributed by atoms with Crippen molar-refractivity contribution in [3.63, 3.8) is 0 Å². The van der Waals surface area contributed by atoms with Gasteiger partial charge in [-0.05, 0) is 59.7 Å². The lowest BCUT2D eigenvalue weighted by molar-refractivity contribution is -0.122. The highest BCUT2D eigenvalue weighted by molar-refractivity contribution is 5.96. The van der Waals surface area contributed by atoms with E-state index < -0.39 is 5.97 Å². The molecule has 1 saturated carbocycles. The first kappa shape index (κ1) is 21.6. The van der Waals surface area contributed by atoms with Crippen LogP contribution in [0.2, 0.25) is 0 Å². The number of carbonyl (C=O) groups is 2. The van der Waals surface area contributed by atoms with E-state index in [4.69, 9.17) is 15.9 Å². The molecule has 2 aromatic rings. The summed E-state index contributed by atoms with van der Waals surface area (Å²) >= 11 is 0. The fourth-order valence-corrected chi connectivity index (χ4v) is 3.99. The number of amides is 1. The van der Waals surface area contributed by atoms with Crippen molar-refractivity contribution in [2.75, 3.05) is 7.11 Å². The highest BCUT2D eigenvalue weighted by atomic mass is 16.5. The van der Waals surface area contributed by atoms with Crippen LogP contribution in [0.1, 0.15) is 60.0 Å². The largest absolute Gasteiger partial charge is 0.465 e. The number of nitrogens with two attached hydrogens (primary N) is 1. The lowest BCUT2D eigenvalue weighted by Gasteiger charge is -2.20. The normalized spacial score (nSPS) is 14.2. The van der Waals surface area contributed by atoms with Crippen molar-refractivity contribution in [3.05, 3.63) is 59.2 Å². The molecule has 3 rings (SSSR count). The first-order valence-corrected chi connectivity index (χ1v) is 10.4. The number of carbonyl (C=O) groups excluding carboxylic acids is 2. The highest BCUT2D eigenvalue weighted by Crippen LogP contribution is 2.27. The van der Waals surface area contributed by atoms with Crippen LogP contribution in [0.5, 0.6) is 0 Å². The molecule has 0 aromatic heterocycles. The molecular weight excluding hydrogens is 378 g/mol. The Morgan fingerprint density at radius 1 is 1.07 bits per heavy atom. The van der Waals surface area contributed by atoms with E-state index in [-0.39, 0.29) is 11.7 Å². The molecule has 4 N–H and O–H groups in total. The van der Waals surface area contributed by atoms with Crippen molar-refractivity contribution in [1.82, 2.24) is 5.32 Å². The summed E-state index contributed by atoms with van der Waals surface area (Å²) in [6, 6.07) is 12.7. The van der Waals surface area contributed by atoms with E-state index in [9.17, 15) is 9.59 Å². The average molecular weight is 408 g/mol. The minimum absolute atomic E-state index is 0.0174. The summed E-state index contributed by atoms with van der Waals surface area (Å²) in [6.07, 6.45) is 6.50. The molecule has 0 spiro atoms. The number of amidine groups is 1. The van der Waals surface area contributed by atoms with Gasteiger partial charge in [0.2, 0.25) is 5.91 Å². The smallest absolute Gasteiger partial charge is 0.337 e. The van der Waals surface area contributed by atoms with Gasteiger partial charge in [-0.25, -0.2) is 4.79 Å². The van der Waals surface area contributed by atoms with E-state index in [1.54, 1.807) is 18.2 Å². The van der Waals surface area contributed by atoms with Crippen molar-refractivity contribution in [1.29, 1.82) is 5.41 Å². The second kappa shape index (κ2) is 10.1. The number of hydrogen-bond donors (Lipinski definition) is 3. The van der Waals surface area contributed by atoms with Crippen molar-refractivity contribution >= 4 is 17.7 Å². The molecule has 2 aromatic carbocycles. The minimum Gasteiger partial charge on any atom is -0.465 e. The standard InChI is InChI=1S/C24H29N3O3/c1-30-24(29)21-11-17(15-27-22(28)12-16-6-3-2-4-7-16)10-20(14-21)18-8-5-9-19(13-18)23(25)26/h5,8-11,13-14,16H,2-4,6-7,12,15H2,1H3,(H3,25,26)(H,27,28). The predicted octanol–water partition coefficient (Wildman–Crippen LogP) is 4.01. The van der Waals surface area contributed by atoms with Gasteiger partial charge in [0.25, 0.3) is 0 Å². The maximum Gasteiger partial charge on any atom is 0.337 e. The number of rotatable bonds is 7. The predicted molar refractivity (Wildman–Crippen MR) is 117 cm³/mol. The Bertz CT molecular complexity index is 933. The summed E-state index contributed by atoms with van der Waals surface area (Å²) in [4.78, 5) is 24.6. The third-order valence-electron chi connectivity index (χ3n) is 5.61. The van der Waals surface area contributed by atoms with Crippen molar-refractivity contribution < 1.29 is 14.3 Å². The van der Waals surface area contributed by atoms with Gasteiger partial charge in [0.05, 0.1) is 12.7 Å². The van der Waals surface area contributed by atoms with E-state index in [1.807, 2.05) is 24.3 Å². The molecule has 158 valence electrons. The molecule has 6 heteroatoms. The summed E-state index contributed by atoms with van der Waals surface area (Å²) in [5.74, 6) is 0.0704. The first-order valence-electron chi connectivity index (χ1n) is 10.4. The molecule has 0 bridgehead atoms. The fourth-order valence-electron chi connectivity index (χ4n) is 3.99. The van der Waals surface area contributed by atoms with Crippen LogP contribution in [-0.4, -0.2) is 24.8 Å². The van der Waals surface area contributed by atoms with Crippen LogP contribution in [0, 0.1) is 11.3 Å². The highest BCUT2D eigenvalue weighted by Gasteiger charge is 2.17. The molecule has 1 aliphatic carbocycles. The average Bonchev–Trinajstić information content (AvgIpc) is 2.77. The Kier molecular flexibility index (Phi) is 7.22. The molecule has 1 fully saturated rings. The zero-order valence-corrected chi connectivity index (χ0v) is 17.4. The molecule has 1 amide bonds. The summed E-state index contributed by atoms with van der Waals surface area (Å²) in [6.45, 7) is 0.343. The molecule has 6 nitrogen and oxygen atoms in total. The molecular formula is C24H29N3O3. The van der Waals surface area contributed by atoms with Gasteiger partial charge in [-0.15, -0.1) is 0 Å². The lowest BCUT2D eigenvalue weighted by Crippen LogP contribution is -2.26. The minimum atomic E-state index is -0.436. The summed E-state index contributed by atoms with van der Waals surface area (Å²) in [5, 5.41) is 10.6. The second-order valence-corrected chi connectivity index (χ2v) is 7.89. The van der Waals surface area contributed by atoms with E-state index in [2.05, 4.69) is 5.32 Å². The number of nitrogen functional groups attached to an aromatic ring is 1. The number of esters is 1. The van der Waals surface area contributed by atoms with Crippen LogP contribution < -0.4 is 11.1 Å². The van der Waals surface area contributed by atoms with Gasteiger partial charge in [0.15, 0.2) is 0 Å². The van der Waals surface area contributed by atoms with Gasteiger partial charge in [-0.2, -0.15) is 0 Å². The Balaban J connectivity index is 1.79. The number of nitrogens with one attached hydrogen (secondary N) is 2. The van der Waals surface area contributed by atoms with Gasteiger partial charge in [-0.1, -0.05) is 37.5 Å². The van der Waals surface area contributed by atoms with Crippen molar-refractivity contribution in [3.8, 4) is 11.1 Å². The Labute approximate surface area is 177 Å². The third kappa shape index (κ3) is 5.69. The van der Waals surface area contributed by atoms with Gasteiger partial charge in [0, 0.05) is 18.5 Å². The lowest BCUT2D eigenvalue weighted by atomic mass is 9.87. The Hall–Kier alpha value is -3.15. The van der Waals surface area contributed by atoms with Crippen LogP contribution in [0.25, 0.3) is 11.1 Å². The van der Waals surface area contributed by atoms with Crippen molar-refractivity contribution in [2.24, 2.45) is 11.7 Å². The molecule has 0 saturated heterocycles. The summed E-state index contributed by atoms with van der Waals surface area (Å²) < 4.78 is 4.89. The molecule has 0 atom stereocenters. The van der Waals surface area contributed by atoms with Crippen LogP contribution in [0.3, 0.4) is 0 Å². The molecule has 1 aliphatic rings. The Morgan fingerprint density at radius 2 is 1.80 bits per heavy atom. The van der Waals surface area contributed by atoms with Gasteiger partial charge in [-0.3, -0.25) is 10.2 Å². The molecule has 0 heterocycles. The summed E-state index contributed by atoms with van der Waals surface area (Å²) in [5.41, 5.74) is 9.09. The fraction of sp³-hybridized carbons (Fsp3) is 0.375. The number of ether oxygens (including phenoxy) is 1. The van der Waals surface area contributed by atoms with Crippen LogP contribution in [-0.2, 0) is 16.1 Å². The monoisotopic (exact) mass is 407 g/mol. The molecule has 0 aliphatic heterocycles. The maximum atomic E-state index is 12.4.